The first-order chi connectivity index (χ1) is 16.0. The summed E-state index contributed by atoms with van der Waals surface area (Å²) in [6.45, 7) is 3.57. The summed E-state index contributed by atoms with van der Waals surface area (Å²) in [5.74, 6) is -0.620. The lowest BCUT2D eigenvalue weighted by Crippen LogP contribution is -2.31. The third kappa shape index (κ3) is 5.04. The molecule has 0 atom stereocenters. The van der Waals surface area contributed by atoms with Crippen molar-refractivity contribution >= 4 is 34.4 Å². The Morgan fingerprint density at radius 1 is 1.09 bits per heavy atom. The number of nitrogens with zero attached hydrogens (tertiary/aromatic N) is 3. The number of methoxy groups -OCH3 is 1. The SMILES string of the molecule is COC(=O)c1cccc(CN2CCN(c3nc(C)c(C(=O)NCc4ccccc4)s3)C2=O)c1. The van der Waals surface area contributed by atoms with Crippen LogP contribution in [0.15, 0.2) is 54.6 Å². The van der Waals surface area contributed by atoms with Crippen LogP contribution in [-0.2, 0) is 17.8 Å². The van der Waals surface area contributed by atoms with Crippen LogP contribution in [0.4, 0.5) is 9.93 Å². The molecule has 1 N–H and O–H groups in total. The molecular weight excluding hydrogens is 440 g/mol. The number of esters is 1. The predicted molar refractivity (Wildman–Crippen MR) is 125 cm³/mol. The molecule has 0 saturated carbocycles. The van der Waals surface area contributed by atoms with E-state index in [4.69, 9.17) is 4.74 Å². The Kier molecular flexibility index (Phi) is 6.69. The molecule has 1 aromatic heterocycles. The molecule has 4 rings (SSSR count). The maximum atomic E-state index is 13.0. The highest BCUT2D eigenvalue weighted by Gasteiger charge is 2.32. The van der Waals surface area contributed by atoms with Gasteiger partial charge in [-0.25, -0.2) is 14.6 Å². The molecule has 0 aliphatic carbocycles. The monoisotopic (exact) mass is 464 g/mol. The lowest BCUT2D eigenvalue weighted by atomic mass is 10.1. The number of nitrogens with one attached hydrogen (secondary N) is 1. The first-order valence-corrected chi connectivity index (χ1v) is 11.3. The Morgan fingerprint density at radius 2 is 1.85 bits per heavy atom. The number of aryl methyl sites for hydroxylation is 1. The van der Waals surface area contributed by atoms with E-state index in [0.29, 0.717) is 47.4 Å². The van der Waals surface area contributed by atoms with Gasteiger partial charge in [0.05, 0.1) is 18.4 Å². The first-order valence-electron chi connectivity index (χ1n) is 10.5. The van der Waals surface area contributed by atoms with Crippen LogP contribution in [-0.4, -0.2) is 48.0 Å². The van der Waals surface area contributed by atoms with Gasteiger partial charge in [-0.05, 0) is 30.2 Å². The standard InChI is InChI=1S/C24H24N4O4S/c1-16-20(21(29)25-14-17-7-4-3-5-8-17)33-23(26-16)28-12-11-27(24(28)31)15-18-9-6-10-19(13-18)22(30)32-2/h3-10,13H,11-12,14-15H2,1-2H3,(H,25,29). The van der Waals surface area contributed by atoms with Gasteiger partial charge in [0.2, 0.25) is 0 Å². The summed E-state index contributed by atoms with van der Waals surface area (Å²) in [5.41, 5.74) is 2.89. The number of urea groups is 1. The summed E-state index contributed by atoms with van der Waals surface area (Å²) in [5, 5.41) is 3.42. The van der Waals surface area contributed by atoms with Crippen molar-refractivity contribution in [1.82, 2.24) is 15.2 Å². The number of thiazole rings is 1. The van der Waals surface area contributed by atoms with Crippen LogP contribution in [0.5, 0.6) is 0 Å². The highest BCUT2D eigenvalue weighted by atomic mass is 32.1. The molecule has 9 heteroatoms. The fourth-order valence-corrected chi connectivity index (χ4v) is 4.61. The van der Waals surface area contributed by atoms with Crippen LogP contribution in [0.2, 0.25) is 0 Å². The zero-order valence-corrected chi connectivity index (χ0v) is 19.2. The zero-order chi connectivity index (χ0) is 23.4. The van der Waals surface area contributed by atoms with E-state index in [1.807, 2.05) is 36.4 Å². The number of ether oxygens (including phenoxy) is 1. The minimum Gasteiger partial charge on any atom is -0.465 e. The average Bonchev–Trinajstić information content (AvgIpc) is 3.40. The van der Waals surface area contributed by atoms with Gasteiger partial charge in [-0.2, -0.15) is 0 Å². The van der Waals surface area contributed by atoms with Gasteiger partial charge in [0.25, 0.3) is 5.91 Å². The van der Waals surface area contributed by atoms with E-state index in [1.54, 1.807) is 34.9 Å². The number of carbonyl (C=O) groups excluding carboxylic acids is 3. The van der Waals surface area contributed by atoms with E-state index in [1.165, 1.54) is 18.4 Å². The Labute approximate surface area is 195 Å². The fraction of sp³-hybridized carbons (Fsp3) is 0.250. The van der Waals surface area contributed by atoms with Crippen molar-refractivity contribution in [3.63, 3.8) is 0 Å². The van der Waals surface area contributed by atoms with Crippen LogP contribution in [0, 0.1) is 6.92 Å². The van der Waals surface area contributed by atoms with Gasteiger partial charge in [-0.15, -0.1) is 0 Å². The molecule has 0 bridgehead atoms. The van der Waals surface area contributed by atoms with Gasteiger partial charge < -0.3 is 15.0 Å². The summed E-state index contributed by atoms with van der Waals surface area (Å²) in [4.78, 5) is 45.7. The van der Waals surface area contributed by atoms with E-state index in [9.17, 15) is 14.4 Å². The molecular formula is C24H24N4O4S. The van der Waals surface area contributed by atoms with Gasteiger partial charge in [0.15, 0.2) is 5.13 Å². The number of carbonyl (C=O) groups is 3. The van der Waals surface area contributed by atoms with E-state index < -0.39 is 5.97 Å². The van der Waals surface area contributed by atoms with Crippen LogP contribution < -0.4 is 10.2 Å². The molecule has 1 aliphatic rings. The summed E-state index contributed by atoms with van der Waals surface area (Å²) >= 11 is 1.22. The Bertz CT molecular complexity index is 1180. The molecule has 0 spiro atoms. The molecule has 0 radical (unpaired) electrons. The second kappa shape index (κ2) is 9.83. The van der Waals surface area contributed by atoms with Crippen molar-refractivity contribution in [2.45, 2.75) is 20.0 Å². The molecule has 2 aromatic carbocycles. The first kappa shape index (κ1) is 22.5. The van der Waals surface area contributed by atoms with Crippen molar-refractivity contribution in [3.8, 4) is 0 Å². The second-order valence-electron chi connectivity index (χ2n) is 7.63. The van der Waals surface area contributed by atoms with Crippen LogP contribution >= 0.6 is 11.3 Å². The molecule has 3 aromatic rings. The fourth-order valence-electron chi connectivity index (χ4n) is 3.61. The Balaban J connectivity index is 1.41. The van der Waals surface area contributed by atoms with Crippen molar-refractivity contribution in [2.75, 3.05) is 25.1 Å². The maximum Gasteiger partial charge on any atom is 0.337 e. The molecule has 1 fully saturated rings. The topological polar surface area (TPSA) is 91.8 Å². The van der Waals surface area contributed by atoms with Crippen LogP contribution in [0.3, 0.4) is 0 Å². The highest BCUT2D eigenvalue weighted by Crippen LogP contribution is 2.29. The highest BCUT2D eigenvalue weighted by molar-refractivity contribution is 7.17. The van der Waals surface area contributed by atoms with Crippen molar-refractivity contribution in [3.05, 3.63) is 81.9 Å². The smallest absolute Gasteiger partial charge is 0.337 e. The number of aromatic nitrogens is 1. The summed E-state index contributed by atoms with van der Waals surface area (Å²) in [6.07, 6.45) is 0. The molecule has 8 nitrogen and oxygen atoms in total. The van der Waals surface area contributed by atoms with Gasteiger partial charge in [-0.3, -0.25) is 9.69 Å². The molecule has 2 heterocycles. The third-order valence-corrected chi connectivity index (χ3v) is 6.51. The van der Waals surface area contributed by atoms with Gasteiger partial charge >= 0.3 is 12.0 Å². The van der Waals surface area contributed by atoms with E-state index in [0.717, 1.165) is 11.1 Å². The molecule has 170 valence electrons. The van der Waals surface area contributed by atoms with Crippen molar-refractivity contribution < 1.29 is 19.1 Å². The van der Waals surface area contributed by atoms with E-state index in [-0.39, 0.29) is 11.9 Å². The number of amides is 3. The van der Waals surface area contributed by atoms with Gasteiger partial charge in [0, 0.05) is 26.2 Å². The molecule has 0 unspecified atom stereocenters. The van der Waals surface area contributed by atoms with E-state index in [2.05, 4.69) is 10.3 Å². The number of hydrogen-bond donors (Lipinski definition) is 1. The van der Waals surface area contributed by atoms with Crippen LogP contribution in [0.1, 0.15) is 36.9 Å². The van der Waals surface area contributed by atoms with E-state index >= 15 is 0 Å². The largest absolute Gasteiger partial charge is 0.465 e. The van der Waals surface area contributed by atoms with Crippen LogP contribution in [0.25, 0.3) is 0 Å². The summed E-state index contributed by atoms with van der Waals surface area (Å²) < 4.78 is 4.77. The Hall–Kier alpha value is -3.72. The average molecular weight is 465 g/mol. The molecule has 1 saturated heterocycles. The normalized spacial score (nSPS) is 13.3. The molecule has 3 amide bonds. The zero-order valence-electron chi connectivity index (χ0n) is 18.4. The Morgan fingerprint density at radius 3 is 2.61 bits per heavy atom. The third-order valence-electron chi connectivity index (χ3n) is 5.33. The number of anilines is 1. The minimum absolute atomic E-state index is 0.177. The number of benzene rings is 2. The minimum atomic E-state index is -0.414. The van der Waals surface area contributed by atoms with Gasteiger partial charge in [-0.1, -0.05) is 53.8 Å². The van der Waals surface area contributed by atoms with Crippen molar-refractivity contribution in [1.29, 1.82) is 0 Å². The molecule has 33 heavy (non-hydrogen) atoms. The summed E-state index contributed by atoms with van der Waals surface area (Å²) in [7, 11) is 1.34. The maximum absolute atomic E-state index is 13.0. The second-order valence-corrected chi connectivity index (χ2v) is 8.60. The molecule has 1 aliphatic heterocycles. The lowest BCUT2D eigenvalue weighted by Gasteiger charge is -2.17. The lowest BCUT2D eigenvalue weighted by molar-refractivity contribution is 0.0600. The summed E-state index contributed by atoms with van der Waals surface area (Å²) in [6, 6.07) is 16.5. The number of hydrogen-bond acceptors (Lipinski definition) is 6. The van der Waals surface area contributed by atoms with Crippen molar-refractivity contribution in [2.24, 2.45) is 0 Å². The van der Waals surface area contributed by atoms with Gasteiger partial charge in [0.1, 0.15) is 4.88 Å². The quantitative estimate of drug-likeness (QED) is 0.540. The number of rotatable bonds is 7. The predicted octanol–water partition coefficient (Wildman–Crippen LogP) is 3.61.